The van der Waals surface area contributed by atoms with Gasteiger partial charge >= 0.3 is 0 Å². The van der Waals surface area contributed by atoms with Crippen molar-refractivity contribution in [3.8, 4) is 0 Å². The van der Waals surface area contributed by atoms with Crippen LogP contribution in [0.5, 0.6) is 0 Å². The van der Waals surface area contributed by atoms with Gasteiger partial charge in [0.15, 0.2) is 5.78 Å². The molecule has 0 atom stereocenters. The maximum Gasteiger partial charge on any atom is 0.168 e. The monoisotopic (exact) mass is 255 g/mol. The van der Waals surface area contributed by atoms with E-state index in [9.17, 15) is 4.79 Å². The van der Waals surface area contributed by atoms with E-state index >= 15 is 0 Å². The van der Waals surface area contributed by atoms with Gasteiger partial charge < -0.3 is 4.98 Å². The molecule has 19 heavy (non-hydrogen) atoms. The van der Waals surface area contributed by atoms with Crippen molar-refractivity contribution in [2.75, 3.05) is 0 Å². The van der Waals surface area contributed by atoms with Gasteiger partial charge in [0.25, 0.3) is 0 Å². The highest BCUT2D eigenvalue weighted by Crippen LogP contribution is 2.32. The van der Waals surface area contributed by atoms with E-state index in [0.29, 0.717) is 5.78 Å². The average molecular weight is 255 g/mol. The summed E-state index contributed by atoms with van der Waals surface area (Å²) in [6.07, 6.45) is 5.56. The summed E-state index contributed by atoms with van der Waals surface area (Å²) in [6.45, 7) is 4.17. The van der Waals surface area contributed by atoms with Crippen LogP contribution in [-0.4, -0.2) is 10.8 Å². The second-order valence-corrected chi connectivity index (χ2v) is 5.70. The molecular weight excluding hydrogens is 234 g/mol. The molecular formula is C17H21NO. The molecule has 2 aromatic rings. The zero-order valence-corrected chi connectivity index (χ0v) is 11.8. The molecule has 0 spiro atoms. The molecule has 1 fully saturated rings. The number of H-pyrrole nitrogens is 1. The predicted octanol–water partition coefficient (Wildman–Crippen LogP) is 4.41. The van der Waals surface area contributed by atoms with Crippen LogP contribution in [0, 0.1) is 12.8 Å². The number of Topliss-reactive ketones (excluding diaryl/α,β-unsaturated/α-hetero) is 1. The van der Waals surface area contributed by atoms with Crippen molar-refractivity contribution in [1.82, 2.24) is 4.98 Å². The van der Waals surface area contributed by atoms with Crippen LogP contribution in [0.15, 0.2) is 18.2 Å². The number of hydrogen-bond acceptors (Lipinski definition) is 1. The molecule has 2 nitrogen and oxygen atoms in total. The number of aromatic amines is 1. The standard InChI is InChI=1S/C17H21NO/c1-3-12-8-9-15-14(10-12)16(11(2)18-15)17(19)13-6-4-5-7-13/h8-10,13,18H,3-7H2,1-2H3. The summed E-state index contributed by atoms with van der Waals surface area (Å²) in [7, 11) is 0. The van der Waals surface area contributed by atoms with Gasteiger partial charge in [-0.1, -0.05) is 25.8 Å². The summed E-state index contributed by atoms with van der Waals surface area (Å²) >= 11 is 0. The molecule has 0 radical (unpaired) electrons. The Kier molecular flexibility index (Phi) is 3.17. The lowest BCUT2D eigenvalue weighted by Gasteiger charge is -2.08. The van der Waals surface area contributed by atoms with Gasteiger partial charge in [-0.15, -0.1) is 0 Å². The quantitative estimate of drug-likeness (QED) is 0.809. The molecule has 2 heteroatoms. The maximum absolute atomic E-state index is 12.7. The number of nitrogens with one attached hydrogen (secondary N) is 1. The van der Waals surface area contributed by atoms with Crippen molar-refractivity contribution >= 4 is 16.7 Å². The number of aromatic nitrogens is 1. The number of benzene rings is 1. The summed E-state index contributed by atoms with van der Waals surface area (Å²) < 4.78 is 0. The van der Waals surface area contributed by atoms with Gasteiger partial charge in [-0.3, -0.25) is 4.79 Å². The molecule has 1 saturated carbocycles. The highest BCUT2D eigenvalue weighted by molar-refractivity contribution is 6.10. The Morgan fingerprint density at radius 3 is 2.74 bits per heavy atom. The first-order valence-corrected chi connectivity index (χ1v) is 7.36. The Balaban J connectivity index is 2.10. The Hall–Kier alpha value is -1.57. The zero-order chi connectivity index (χ0) is 13.4. The number of hydrogen-bond donors (Lipinski definition) is 1. The fourth-order valence-electron chi connectivity index (χ4n) is 3.30. The third-order valence-electron chi connectivity index (χ3n) is 4.43. The van der Waals surface area contributed by atoms with E-state index in [-0.39, 0.29) is 5.92 Å². The number of aryl methyl sites for hydroxylation is 2. The molecule has 0 saturated heterocycles. The first kappa shape index (κ1) is 12.5. The fourth-order valence-corrected chi connectivity index (χ4v) is 3.30. The first-order chi connectivity index (χ1) is 9.20. The molecule has 1 aliphatic rings. The van der Waals surface area contributed by atoms with Gasteiger partial charge in [-0.25, -0.2) is 0 Å². The molecule has 1 N–H and O–H groups in total. The molecule has 3 rings (SSSR count). The summed E-state index contributed by atoms with van der Waals surface area (Å²) in [5, 5.41) is 1.12. The zero-order valence-electron chi connectivity index (χ0n) is 11.8. The number of carbonyl (C=O) groups is 1. The van der Waals surface area contributed by atoms with Gasteiger partial charge in [-0.2, -0.15) is 0 Å². The smallest absolute Gasteiger partial charge is 0.168 e. The van der Waals surface area contributed by atoms with Crippen LogP contribution < -0.4 is 0 Å². The normalized spacial score (nSPS) is 16.3. The molecule has 1 aromatic heterocycles. The van der Waals surface area contributed by atoms with Crippen molar-refractivity contribution in [3.05, 3.63) is 35.0 Å². The Labute approximate surface area is 114 Å². The van der Waals surface area contributed by atoms with Gasteiger partial charge in [0.05, 0.1) is 0 Å². The van der Waals surface area contributed by atoms with Crippen LogP contribution in [0.3, 0.4) is 0 Å². The second-order valence-electron chi connectivity index (χ2n) is 5.70. The van der Waals surface area contributed by atoms with Crippen molar-refractivity contribution in [2.24, 2.45) is 5.92 Å². The summed E-state index contributed by atoms with van der Waals surface area (Å²) in [6, 6.07) is 6.43. The third-order valence-corrected chi connectivity index (χ3v) is 4.43. The van der Waals surface area contributed by atoms with Crippen molar-refractivity contribution < 1.29 is 4.79 Å². The molecule has 1 aliphatic carbocycles. The van der Waals surface area contributed by atoms with Crippen LogP contribution in [0.4, 0.5) is 0 Å². The summed E-state index contributed by atoms with van der Waals surface area (Å²) in [5.41, 5.74) is 4.36. The van der Waals surface area contributed by atoms with E-state index in [1.165, 1.54) is 18.4 Å². The Morgan fingerprint density at radius 2 is 2.05 bits per heavy atom. The van der Waals surface area contributed by atoms with E-state index in [0.717, 1.165) is 41.4 Å². The fraction of sp³-hybridized carbons (Fsp3) is 0.471. The molecule has 1 heterocycles. The number of ketones is 1. The van der Waals surface area contributed by atoms with Gasteiger partial charge in [0.1, 0.15) is 0 Å². The number of fused-ring (bicyclic) bond motifs is 1. The lowest BCUT2D eigenvalue weighted by Crippen LogP contribution is -2.11. The topological polar surface area (TPSA) is 32.9 Å². The molecule has 0 aliphatic heterocycles. The van der Waals surface area contributed by atoms with Gasteiger partial charge in [-0.05, 0) is 43.9 Å². The first-order valence-electron chi connectivity index (χ1n) is 7.36. The van der Waals surface area contributed by atoms with E-state index < -0.39 is 0 Å². The molecule has 100 valence electrons. The highest BCUT2D eigenvalue weighted by Gasteiger charge is 2.27. The van der Waals surface area contributed by atoms with Crippen LogP contribution >= 0.6 is 0 Å². The molecule has 1 aromatic carbocycles. The summed E-state index contributed by atoms with van der Waals surface area (Å²) in [4.78, 5) is 16.1. The minimum absolute atomic E-state index is 0.253. The van der Waals surface area contributed by atoms with E-state index in [4.69, 9.17) is 0 Å². The number of rotatable bonds is 3. The third kappa shape index (κ3) is 2.09. The van der Waals surface area contributed by atoms with E-state index in [1.807, 2.05) is 6.92 Å². The molecule has 0 bridgehead atoms. The second kappa shape index (κ2) is 4.84. The maximum atomic E-state index is 12.7. The van der Waals surface area contributed by atoms with Gasteiger partial charge in [0.2, 0.25) is 0 Å². The lowest BCUT2D eigenvalue weighted by molar-refractivity contribution is 0.0924. The minimum Gasteiger partial charge on any atom is -0.358 e. The molecule has 0 unspecified atom stereocenters. The lowest BCUT2D eigenvalue weighted by atomic mass is 9.93. The van der Waals surface area contributed by atoms with Crippen molar-refractivity contribution in [1.29, 1.82) is 0 Å². The molecule has 0 amide bonds. The number of carbonyl (C=O) groups excluding carboxylic acids is 1. The minimum atomic E-state index is 0.253. The highest BCUT2D eigenvalue weighted by atomic mass is 16.1. The predicted molar refractivity (Wildman–Crippen MR) is 78.7 cm³/mol. The van der Waals surface area contributed by atoms with Gasteiger partial charge in [0, 0.05) is 28.1 Å². The van der Waals surface area contributed by atoms with Crippen molar-refractivity contribution in [3.63, 3.8) is 0 Å². The van der Waals surface area contributed by atoms with Crippen LogP contribution in [0.1, 0.15) is 54.2 Å². The Bertz CT molecular complexity index is 617. The largest absolute Gasteiger partial charge is 0.358 e. The van der Waals surface area contributed by atoms with Crippen molar-refractivity contribution in [2.45, 2.75) is 46.0 Å². The van der Waals surface area contributed by atoms with Crippen LogP contribution in [0.2, 0.25) is 0 Å². The SMILES string of the molecule is CCc1ccc2[nH]c(C)c(C(=O)C3CCCC3)c2c1. The van der Waals surface area contributed by atoms with E-state index in [2.05, 4.69) is 30.1 Å². The van der Waals surface area contributed by atoms with Crippen LogP contribution in [-0.2, 0) is 6.42 Å². The summed E-state index contributed by atoms with van der Waals surface area (Å²) in [5.74, 6) is 0.609. The van der Waals surface area contributed by atoms with Crippen LogP contribution in [0.25, 0.3) is 10.9 Å². The average Bonchev–Trinajstić information content (AvgIpc) is 3.03. The Morgan fingerprint density at radius 1 is 1.32 bits per heavy atom. The van der Waals surface area contributed by atoms with E-state index in [1.54, 1.807) is 0 Å².